The van der Waals surface area contributed by atoms with Crippen molar-refractivity contribution in [2.75, 3.05) is 0 Å². The van der Waals surface area contributed by atoms with E-state index >= 15 is 0 Å². The Hall–Kier alpha value is -0.131. The number of rotatable bonds is 2. The van der Waals surface area contributed by atoms with E-state index in [1.165, 1.54) is 121 Å². The van der Waals surface area contributed by atoms with Crippen molar-refractivity contribution in [3.8, 4) is 0 Å². The third-order valence-corrected chi connectivity index (χ3v) is 11.8. The van der Waals surface area contributed by atoms with Crippen LogP contribution < -0.4 is 0 Å². The molecule has 0 bridgehead atoms. The molecule has 3 saturated heterocycles. The Morgan fingerprint density at radius 2 is 0.953 bits per heavy atom. The van der Waals surface area contributed by atoms with E-state index in [0.717, 1.165) is 23.4 Å². The summed E-state index contributed by atoms with van der Waals surface area (Å²) in [6.45, 7) is 0. The van der Waals surface area contributed by atoms with Gasteiger partial charge in [0.05, 0.1) is 0 Å². The van der Waals surface area contributed by atoms with Gasteiger partial charge in [-0.2, -0.15) is 12.1 Å². The van der Waals surface area contributed by atoms with Crippen LogP contribution in [0.15, 0.2) is 30.3 Å². The van der Waals surface area contributed by atoms with E-state index in [1.54, 1.807) is 0 Å². The van der Waals surface area contributed by atoms with Crippen LogP contribution in [0.1, 0.15) is 121 Å². The average Bonchev–Trinajstić information content (AvgIpc) is 3.08. The summed E-state index contributed by atoms with van der Waals surface area (Å²) in [5, 5.41) is 20.6. The molecule has 7 aliphatic rings. The standard InChI is InChI=1S/C18H30N2.C18H22N2.2ClH.Ir/c2*1-3-7-15-13(5-1)9-11-17(19-15)18-12-10-14-6-2-4-8-16(14)20-18;;;/h13-18H,1-12H2;1,3,5,7,9,11,14,16-18H,2,4,6,8,10,12H2;2*1H;/q2*-2;;;+3/p-2. The van der Waals surface area contributed by atoms with E-state index in [0.29, 0.717) is 36.3 Å². The molecule has 8 rings (SSSR count). The monoisotopic (exact) mass is 803 g/mol. The van der Waals surface area contributed by atoms with Gasteiger partial charge in [-0.3, -0.25) is 0 Å². The van der Waals surface area contributed by atoms with Gasteiger partial charge < -0.3 is 21.3 Å². The zero-order valence-corrected chi connectivity index (χ0v) is 29.8. The van der Waals surface area contributed by atoms with Crippen molar-refractivity contribution in [1.29, 1.82) is 0 Å². The molecule has 0 N–H and O–H groups in total. The fraction of sp³-hybridized carbons (Fsp3) is 0.778. The molecule has 10 unspecified atom stereocenters. The maximum absolute atomic E-state index is 5.27. The second-order valence-electron chi connectivity index (χ2n) is 14.3. The van der Waals surface area contributed by atoms with Gasteiger partial charge in [0.15, 0.2) is 0 Å². The first-order valence-corrected chi connectivity index (χ1v) is 23.6. The molecule has 1 aromatic carbocycles. The third kappa shape index (κ3) is 8.62. The van der Waals surface area contributed by atoms with Crippen molar-refractivity contribution in [2.45, 2.75) is 158 Å². The third-order valence-electron chi connectivity index (χ3n) is 11.8. The maximum atomic E-state index is 5.27. The van der Waals surface area contributed by atoms with E-state index in [9.17, 15) is 0 Å². The van der Waals surface area contributed by atoms with Gasteiger partial charge in [0.25, 0.3) is 0 Å². The Morgan fingerprint density at radius 3 is 1.49 bits per heavy atom. The molecule has 4 aliphatic heterocycles. The molecule has 0 aromatic heterocycles. The van der Waals surface area contributed by atoms with Crippen LogP contribution in [-0.2, 0) is 15.7 Å². The van der Waals surface area contributed by atoms with Crippen LogP contribution in [-0.4, -0.2) is 42.3 Å². The first kappa shape index (κ1) is 32.8. The molecule has 1 aromatic rings. The number of piperidine rings is 3. The van der Waals surface area contributed by atoms with Crippen LogP contribution in [0.25, 0.3) is 27.3 Å². The summed E-state index contributed by atoms with van der Waals surface area (Å²) in [5.74, 6) is 2.75. The molecule has 43 heavy (non-hydrogen) atoms. The molecule has 4 nitrogen and oxygen atoms in total. The van der Waals surface area contributed by atoms with Gasteiger partial charge in [-0.15, -0.1) is 35.9 Å². The minimum atomic E-state index is -0.556. The van der Waals surface area contributed by atoms with E-state index < -0.39 is 15.7 Å². The first-order valence-electron chi connectivity index (χ1n) is 17.6. The van der Waals surface area contributed by atoms with Gasteiger partial charge in [0.2, 0.25) is 0 Å². The summed E-state index contributed by atoms with van der Waals surface area (Å²) >= 11 is -0.556. The topological polar surface area (TPSA) is 56.4 Å². The predicted octanol–water partition coefficient (Wildman–Crippen LogP) is 11.7. The molecule has 3 aliphatic carbocycles. The van der Waals surface area contributed by atoms with Crippen molar-refractivity contribution >= 4 is 30.9 Å². The van der Waals surface area contributed by atoms with Gasteiger partial charge in [0.1, 0.15) is 0 Å². The van der Waals surface area contributed by atoms with E-state index in [1.807, 2.05) is 0 Å². The number of nitrogens with zero attached hydrogens (tertiary/aromatic N) is 4. The quantitative estimate of drug-likeness (QED) is 0.286. The molecule has 3 saturated carbocycles. The second-order valence-corrected chi connectivity index (χ2v) is 17.8. The fourth-order valence-electron chi connectivity index (χ4n) is 9.49. The van der Waals surface area contributed by atoms with Crippen molar-refractivity contribution < 1.29 is 15.7 Å². The molecule has 0 spiro atoms. The normalized spacial score (nSPS) is 40.0. The Morgan fingerprint density at radius 1 is 0.512 bits per heavy atom. The minimum absolute atomic E-state index is 0.271. The molecule has 10 atom stereocenters. The van der Waals surface area contributed by atoms with Crippen LogP contribution in [0.5, 0.6) is 0 Å². The van der Waals surface area contributed by atoms with Crippen molar-refractivity contribution in [3.63, 3.8) is 0 Å². The zero-order valence-electron chi connectivity index (χ0n) is 25.8. The number of halogens is 2. The second kappa shape index (κ2) is 16.6. The van der Waals surface area contributed by atoms with Crippen molar-refractivity contribution in [1.82, 2.24) is 0 Å². The van der Waals surface area contributed by atoms with E-state index in [4.69, 9.17) is 40.4 Å². The summed E-state index contributed by atoms with van der Waals surface area (Å²) in [5.41, 5.74) is 2.39. The Labute approximate surface area is 278 Å². The Kier molecular flexibility index (Phi) is 12.7. The van der Waals surface area contributed by atoms with Gasteiger partial charge >= 0.3 is 34.8 Å². The van der Waals surface area contributed by atoms with E-state index in [-0.39, 0.29) is 6.04 Å². The summed E-state index contributed by atoms with van der Waals surface area (Å²) < 4.78 is 0. The molecule has 242 valence electrons. The van der Waals surface area contributed by atoms with Crippen LogP contribution in [0.3, 0.4) is 0 Å². The summed E-state index contributed by atoms with van der Waals surface area (Å²) in [6.07, 6.45) is 29.6. The SMILES string of the molecule is C1=CC(C2CCC3CCCCC3[N-]2)[N-]c2ccccc21.C1CCC2[N-]C(C3CCC4CCCCC4[N-]3)CCC2C1.[Cl][Ir+][Cl]. The molecule has 0 amide bonds. The summed E-state index contributed by atoms with van der Waals surface area (Å²) in [4.78, 5) is 0. The zero-order chi connectivity index (χ0) is 29.4. The Balaban J connectivity index is 0.000000141. The summed E-state index contributed by atoms with van der Waals surface area (Å²) in [6, 6.07) is 12.3. The van der Waals surface area contributed by atoms with Crippen LogP contribution in [0, 0.1) is 17.8 Å². The molecule has 7 heteroatoms. The van der Waals surface area contributed by atoms with Crippen molar-refractivity contribution in [3.05, 3.63) is 57.2 Å². The van der Waals surface area contributed by atoms with Gasteiger partial charge in [-0.1, -0.05) is 170 Å². The number of hydrogen-bond acceptors (Lipinski definition) is 0. The van der Waals surface area contributed by atoms with Gasteiger partial charge in [-0.05, 0) is 5.56 Å². The predicted molar refractivity (Wildman–Crippen MR) is 180 cm³/mol. The molecule has 0 radical (unpaired) electrons. The van der Waals surface area contributed by atoms with Crippen LogP contribution in [0.2, 0.25) is 0 Å². The number of para-hydroxylation sites is 1. The molecule has 6 fully saturated rings. The number of hydrogen-bond donors (Lipinski definition) is 0. The van der Waals surface area contributed by atoms with Crippen molar-refractivity contribution in [2.24, 2.45) is 17.8 Å². The van der Waals surface area contributed by atoms with E-state index in [2.05, 4.69) is 36.4 Å². The van der Waals surface area contributed by atoms with Gasteiger partial charge in [0, 0.05) is 0 Å². The Bertz CT molecular complexity index is 993. The summed E-state index contributed by atoms with van der Waals surface area (Å²) in [7, 11) is 9.78. The van der Waals surface area contributed by atoms with Crippen LogP contribution in [0.4, 0.5) is 5.69 Å². The fourth-order valence-corrected chi connectivity index (χ4v) is 9.49. The first-order chi connectivity index (χ1) is 21.2. The van der Waals surface area contributed by atoms with Crippen LogP contribution >= 0.6 is 19.2 Å². The molecular weight excluding hydrogens is 752 g/mol. The molecular formula is C36H52Cl2IrN4-3. The number of fused-ring (bicyclic) bond motifs is 4. The van der Waals surface area contributed by atoms with Gasteiger partial charge in [-0.25, -0.2) is 0 Å². The molecule has 4 heterocycles. The number of benzene rings is 1. The average molecular weight is 804 g/mol.